The normalized spacial score (nSPS) is 15.2. The monoisotopic (exact) mass is 255 g/mol. The van der Waals surface area contributed by atoms with Gasteiger partial charge < -0.3 is 11.1 Å². The Labute approximate surface area is 108 Å². The molecule has 2 rings (SSSR count). The molecule has 1 aliphatic heterocycles. The molecule has 3 N–H and O–H groups in total. The number of hydrogen-bond donors (Lipinski definition) is 2. The van der Waals surface area contributed by atoms with Crippen LogP contribution in [0, 0.1) is 0 Å². The molecule has 94 valence electrons. The van der Waals surface area contributed by atoms with E-state index in [-0.39, 0.29) is 18.3 Å². The minimum absolute atomic E-state index is 0. The topological polar surface area (TPSA) is 58.4 Å². The number of amides is 1. The average molecular weight is 256 g/mol. The molecule has 0 bridgehead atoms. The van der Waals surface area contributed by atoms with Crippen LogP contribution in [0.2, 0.25) is 0 Å². The molecule has 1 fully saturated rings. The Morgan fingerprint density at radius 2 is 2.00 bits per heavy atom. The van der Waals surface area contributed by atoms with Crippen molar-refractivity contribution < 1.29 is 4.79 Å². The Bertz CT molecular complexity index is 376. The molecule has 1 amide bonds. The molecule has 1 heterocycles. The highest BCUT2D eigenvalue weighted by Gasteiger charge is 2.21. The van der Waals surface area contributed by atoms with Gasteiger partial charge in [-0.25, -0.2) is 0 Å². The van der Waals surface area contributed by atoms with E-state index in [0.717, 1.165) is 19.6 Å². The van der Waals surface area contributed by atoms with E-state index in [9.17, 15) is 4.79 Å². The highest BCUT2D eigenvalue weighted by molar-refractivity contribution is 5.92. The number of benzene rings is 1. The standard InChI is InChI=1S/C12H17N3O.ClH/c1-15(11-6-14-7-11)8-9-2-4-10(5-3-9)12(13)16;/h2-5,11,14H,6-8H2,1H3,(H2,13,16);1H. The molecule has 1 aromatic carbocycles. The zero-order chi connectivity index (χ0) is 11.5. The summed E-state index contributed by atoms with van der Waals surface area (Å²) in [5.74, 6) is -0.372. The summed E-state index contributed by atoms with van der Waals surface area (Å²) in [6, 6.07) is 8.12. The summed E-state index contributed by atoms with van der Waals surface area (Å²) in [4.78, 5) is 13.2. The minimum Gasteiger partial charge on any atom is -0.366 e. The number of nitrogens with zero attached hydrogens (tertiary/aromatic N) is 1. The van der Waals surface area contributed by atoms with Gasteiger partial charge in [0.25, 0.3) is 0 Å². The van der Waals surface area contributed by atoms with Crippen molar-refractivity contribution in [1.82, 2.24) is 10.2 Å². The lowest BCUT2D eigenvalue weighted by Crippen LogP contribution is -2.55. The predicted molar refractivity (Wildman–Crippen MR) is 70.3 cm³/mol. The zero-order valence-electron chi connectivity index (χ0n) is 9.85. The minimum atomic E-state index is -0.372. The van der Waals surface area contributed by atoms with E-state index in [1.165, 1.54) is 5.56 Å². The molecule has 0 radical (unpaired) electrons. The van der Waals surface area contributed by atoms with Crippen LogP contribution in [0.3, 0.4) is 0 Å². The fourth-order valence-corrected chi connectivity index (χ4v) is 1.78. The van der Waals surface area contributed by atoms with Crippen molar-refractivity contribution in [3.8, 4) is 0 Å². The van der Waals surface area contributed by atoms with Crippen LogP contribution in [0.1, 0.15) is 15.9 Å². The Morgan fingerprint density at radius 3 is 2.41 bits per heavy atom. The summed E-state index contributed by atoms with van der Waals surface area (Å²) in [5.41, 5.74) is 6.96. The van der Waals surface area contributed by atoms with Gasteiger partial charge in [-0.2, -0.15) is 0 Å². The van der Waals surface area contributed by atoms with Crippen molar-refractivity contribution in [2.24, 2.45) is 5.73 Å². The van der Waals surface area contributed by atoms with Crippen LogP contribution < -0.4 is 11.1 Å². The Hall–Kier alpha value is -1.10. The molecule has 0 aromatic heterocycles. The first-order valence-corrected chi connectivity index (χ1v) is 5.46. The number of hydrogen-bond acceptors (Lipinski definition) is 3. The first-order chi connectivity index (χ1) is 7.66. The maximum absolute atomic E-state index is 10.9. The van der Waals surface area contributed by atoms with Crippen LogP contribution in [0.25, 0.3) is 0 Å². The summed E-state index contributed by atoms with van der Waals surface area (Å²) >= 11 is 0. The molecule has 0 unspecified atom stereocenters. The lowest BCUT2D eigenvalue weighted by Gasteiger charge is -2.35. The van der Waals surface area contributed by atoms with E-state index in [2.05, 4.69) is 17.3 Å². The number of likely N-dealkylation sites (N-methyl/N-ethyl adjacent to an activating group) is 1. The van der Waals surface area contributed by atoms with Crippen LogP contribution >= 0.6 is 12.4 Å². The molecule has 5 heteroatoms. The van der Waals surface area contributed by atoms with Crippen molar-refractivity contribution >= 4 is 18.3 Å². The number of rotatable bonds is 4. The summed E-state index contributed by atoms with van der Waals surface area (Å²) < 4.78 is 0. The van der Waals surface area contributed by atoms with E-state index >= 15 is 0 Å². The van der Waals surface area contributed by atoms with Crippen molar-refractivity contribution in [1.29, 1.82) is 0 Å². The van der Waals surface area contributed by atoms with Gasteiger partial charge in [0.05, 0.1) is 0 Å². The number of primary amides is 1. The molecule has 1 saturated heterocycles. The molecule has 1 aliphatic rings. The molecule has 0 atom stereocenters. The molecular weight excluding hydrogens is 238 g/mol. The highest BCUT2D eigenvalue weighted by Crippen LogP contribution is 2.10. The SMILES string of the molecule is CN(Cc1ccc(C(N)=O)cc1)C1CNC1.Cl. The van der Waals surface area contributed by atoms with Gasteiger partial charge in [-0.1, -0.05) is 12.1 Å². The van der Waals surface area contributed by atoms with Crippen LogP contribution in [0.15, 0.2) is 24.3 Å². The summed E-state index contributed by atoms with van der Waals surface area (Å²) in [7, 11) is 2.12. The molecule has 1 aromatic rings. The summed E-state index contributed by atoms with van der Waals surface area (Å²) in [6.45, 7) is 3.04. The van der Waals surface area contributed by atoms with Gasteiger partial charge in [0.2, 0.25) is 5.91 Å². The van der Waals surface area contributed by atoms with E-state index in [4.69, 9.17) is 5.73 Å². The van der Waals surface area contributed by atoms with Crippen LogP contribution in [-0.2, 0) is 6.54 Å². The molecule has 17 heavy (non-hydrogen) atoms. The van der Waals surface area contributed by atoms with Crippen molar-refractivity contribution in [3.63, 3.8) is 0 Å². The first-order valence-electron chi connectivity index (χ1n) is 5.46. The molecule has 0 spiro atoms. The Kier molecular flexibility index (Phi) is 4.93. The number of carbonyl (C=O) groups excluding carboxylic acids is 1. The molecular formula is C12H18ClN3O. The van der Waals surface area contributed by atoms with Crippen molar-refractivity contribution in [2.45, 2.75) is 12.6 Å². The van der Waals surface area contributed by atoms with Gasteiger partial charge in [0.1, 0.15) is 0 Å². The Morgan fingerprint density at radius 1 is 1.41 bits per heavy atom. The van der Waals surface area contributed by atoms with Gasteiger partial charge >= 0.3 is 0 Å². The number of carbonyl (C=O) groups is 1. The quantitative estimate of drug-likeness (QED) is 0.829. The van der Waals surface area contributed by atoms with Crippen LogP contribution in [-0.4, -0.2) is 37.0 Å². The fraction of sp³-hybridized carbons (Fsp3) is 0.417. The number of nitrogens with one attached hydrogen (secondary N) is 1. The van der Waals surface area contributed by atoms with Gasteiger partial charge in [0, 0.05) is 31.2 Å². The lowest BCUT2D eigenvalue weighted by atomic mass is 10.1. The van der Waals surface area contributed by atoms with E-state index in [1.54, 1.807) is 12.1 Å². The van der Waals surface area contributed by atoms with Crippen LogP contribution in [0.4, 0.5) is 0 Å². The smallest absolute Gasteiger partial charge is 0.248 e. The number of nitrogens with two attached hydrogens (primary N) is 1. The summed E-state index contributed by atoms with van der Waals surface area (Å²) in [5, 5.41) is 3.25. The molecule has 0 saturated carbocycles. The van der Waals surface area contributed by atoms with Gasteiger partial charge in [0.15, 0.2) is 0 Å². The third-order valence-corrected chi connectivity index (χ3v) is 3.05. The predicted octanol–water partition coefficient (Wildman–Crippen LogP) is 0.611. The second-order valence-corrected chi connectivity index (χ2v) is 4.29. The Balaban J connectivity index is 0.00000144. The lowest BCUT2D eigenvalue weighted by molar-refractivity contribution is 0.100. The number of halogens is 1. The van der Waals surface area contributed by atoms with E-state index in [0.29, 0.717) is 11.6 Å². The first kappa shape index (κ1) is 14.0. The van der Waals surface area contributed by atoms with E-state index < -0.39 is 0 Å². The van der Waals surface area contributed by atoms with E-state index in [1.807, 2.05) is 12.1 Å². The maximum atomic E-state index is 10.9. The largest absolute Gasteiger partial charge is 0.366 e. The highest BCUT2D eigenvalue weighted by atomic mass is 35.5. The zero-order valence-corrected chi connectivity index (χ0v) is 10.7. The third-order valence-electron chi connectivity index (χ3n) is 3.05. The van der Waals surface area contributed by atoms with Crippen molar-refractivity contribution in [2.75, 3.05) is 20.1 Å². The average Bonchev–Trinajstić information content (AvgIpc) is 2.15. The summed E-state index contributed by atoms with van der Waals surface area (Å²) in [6.07, 6.45) is 0. The third kappa shape index (κ3) is 3.43. The molecule has 4 nitrogen and oxygen atoms in total. The second-order valence-electron chi connectivity index (χ2n) is 4.29. The van der Waals surface area contributed by atoms with Gasteiger partial charge in [-0.3, -0.25) is 9.69 Å². The van der Waals surface area contributed by atoms with Crippen LogP contribution in [0.5, 0.6) is 0 Å². The molecule has 0 aliphatic carbocycles. The maximum Gasteiger partial charge on any atom is 0.248 e. The van der Waals surface area contributed by atoms with Crippen molar-refractivity contribution in [3.05, 3.63) is 35.4 Å². The second kappa shape index (κ2) is 6.00. The van der Waals surface area contributed by atoms with Gasteiger partial charge in [-0.05, 0) is 24.7 Å². The fourth-order valence-electron chi connectivity index (χ4n) is 1.78. The van der Waals surface area contributed by atoms with Gasteiger partial charge in [-0.15, -0.1) is 12.4 Å².